The summed E-state index contributed by atoms with van der Waals surface area (Å²) in [6.45, 7) is 1.08. The first kappa shape index (κ1) is 14.9. The zero-order chi connectivity index (χ0) is 13.8. The number of hydrogen-bond donors (Lipinski definition) is 1. The molecule has 1 aromatic rings. The lowest BCUT2D eigenvalue weighted by atomic mass is 10.1. The molecule has 0 spiro atoms. The summed E-state index contributed by atoms with van der Waals surface area (Å²) in [7, 11) is 0. The van der Waals surface area contributed by atoms with Crippen LogP contribution in [0, 0.1) is 5.82 Å². The standard InChI is InChI=1S/C12H16F4N2/c1-2-18(8-12(14,15)16)7-10-5-11(13)4-3-9(10)6-17/h3-5H,2,6-8,17H2,1H3. The van der Waals surface area contributed by atoms with Gasteiger partial charge in [0.15, 0.2) is 0 Å². The highest BCUT2D eigenvalue weighted by molar-refractivity contribution is 5.27. The lowest BCUT2D eigenvalue weighted by molar-refractivity contribution is -0.146. The summed E-state index contributed by atoms with van der Waals surface area (Å²) in [5.74, 6) is -0.467. The average Bonchev–Trinajstić information content (AvgIpc) is 2.26. The van der Waals surface area contributed by atoms with Crippen LogP contribution in [0.2, 0.25) is 0 Å². The van der Waals surface area contributed by atoms with Gasteiger partial charge in [-0.2, -0.15) is 13.2 Å². The normalized spacial score (nSPS) is 12.2. The van der Waals surface area contributed by atoms with Crippen LogP contribution < -0.4 is 5.73 Å². The van der Waals surface area contributed by atoms with Crippen LogP contribution in [0.25, 0.3) is 0 Å². The van der Waals surface area contributed by atoms with Crippen LogP contribution in [-0.2, 0) is 13.1 Å². The van der Waals surface area contributed by atoms with Crippen molar-refractivity contribution >= 4 is 0 Å². The number of hydrogen-bond acceptors (Lipinski definition) is 2. The van der Waals surface area contributed by atoms with Gasteiger partial charge in [0.2, 0.25) is 0 Å². The van der Waals surface area contributed by atoms with E-state index in [4.69, 9.17) is 5.73 Å². The van der Waals surface area contributed by atoms with Crippen LogP contribution in [-0.4, -0.2) is 24.2 Å². The molecule has 0 saturated heterocycles. The number of rotatable bonds is 5. The van der Waals surface area contributed by atoms with E-state index in [0.29, 0.717) is 11.1 Å². The van der Waals surface area contributed by atoms with E-state index in [0.717, 1.165) is 0 Å². The predicted molar refractivity (Wildman–Crippen MR) is 61.3 cm³/mol. The van der Waals surface area contributed by atoms with Gasteiger partial charge in [0.05, 0.1) is 6.54 Å². The quantitative estimate of drug-likeness (QED) is 0.828. The summed E-state index contributed by atoms with van der Waals surface area (Å²) in [5, 5.41) is 0. The molecule has 1 aromatic carbocycles. The molecule has 2 nitrogen and oxygen atoms in total. The molecule has 0 amide bonds. The average molecular weight is 264 g/mol. The molecule has 0 aliphatic rings. The molecule has 18 heavy (non-hydrogen) atoms. The first-order valence-corrected chi connectivity index (χ1v) is 5.62. The maximum absolute atomic E-state index is 13.1. The molecule has 0 aliphatic heterocycles. The minimum atomic E-state index is -4.26. The summed E-state index contributed by atoms with van der Waals surface area (Å²) in [5.41, 5.74) is 6.65. The first-order valence-electron chi connectivity index (χ1n) is 5.62. The fourth-order valence-corrected chi connectivity index (χ4v) is 1.71. The van der Waals surface area contributed by atoms with E-state index in [9.17, 15) is 17.6 Å². The Hall–Kier alpha value is -1.14. The Balaban J connectivity index is 2.84. The Morgan fingerprint density at radius 1 is 1.22 bits per heavy atom. The second-order valence-electron chi connectivity index (χ2n) is 4.04. The third-order valence-corrected chi connectivity index (χ3v) is 2.63. The number of nitrogens with two attached hydrogens (primary N) is 1. The number of alkyl halides is 3. The fourth-order valence-electron chi connectivity index (χ4n) is 1.71. The molecule has 6 heteroatoms. The van der Waals surface area contributed by atoms with E-state index in [-0.39, 0.29) is 19.6 Å². The number of nitrogens with zero attached hydrogens (tertiary/aromatic N) is 1. The van der Waals surface area contributed by atoms with Crippen LogP contribution in [0.1, 0.15) is 18.1 Å². The summed E-state index contributed by atoms with van der Waals surface area (Å²) in [6, 6.07) is 4.00. The van der Waals surface area contributed by atoms with Crippen LogP contribution in [0.15, 0.2) is 18.2 Å². The van der Waals surface area contributed by atoms with Crippen molar-refractivity contribution in [1.82, 2.24) is 4.90 Å². The molecular formula is C12H16F4N2. The Labute approximate surface area is 103 Å². The Bertz CT molecular complexity index is 390. The molecule has 0 aliphatic carbocycles. The van der Waals surface area contributed by atoms with E-state index in [1.54, 1.807) is 6.92 Å². The zero-order valence-electron chi connectivity index (χ0n) is 10.1. The maximum Gasteiger partial charge on any atom is 0.401 e. The second kappa shape index (κ2) is 6.15. The highest BCUT2D eigenvalue weighted by Crippen LogP contribution is 2.19. The molecule has 2 N–H and O–H groups in total. The molecule has 1 rings (SSSR count). The van der Waals surface area contributed by atoms with Crippen molar-refractivity contribution in [2.75, 3.05) is 13.1 Å². The van der Waals surface area contributed by atoms with Crippen LogP contribution >= 0.6 is 0 Å². The minimum absolute atomic E-state index is 0.0420. The van der Waals surface area contributed by atoms with Gasteiger partial charge in [-0.3, -0.25) is 4.90 Å². The van der Waals surface area contributed by atoms with Crippen molar-refractivity contribution in [3.8, 4) is 0 Å². The highest BCUT2D eigenvalue weighted by Gasteiger charge is 2.30. The van der Waals surface area contributed by atoms with Gasteiger partial charge in [-0.15, -0.1) is 0 Å². The predicted octanol–water partition coefficient (Wildman–Crippen LogP) is 2.67. The lowest BCUT2D eigenvalue weighted by Crippen LogP contribution is -2.34. The van der Waals surface area contributed by atoms with Crippen LogP contribution in [0.3, 0.4) is 0 Å². The summed E-state index contributed by atoms with van der Waals surface area (Å²) in [6.07, 6.45) is -4.26. The molecule has 0 atom stereocenters. The van der Waals surface area contributed by atoms with Gasteiger partial charge in [-0.25, -0.2) is 4.39 Å². The third kappa shape index (κ3) is 4.62. The van der Waals surface area contributed by atoms with Crippen LogP contribution in [0.4, 0.5) is 17.6 Å². The summed E-state index contributed by atoms with van der Waals surface area (Å²) in [4.78, 5) is 1.20. The van der Waals surface area contributed by atoms with Gasteiger partial charge >= 0.3 is 6.18 Å². The monoisotopic (exact) mass is 264 g/mol. The molecule has 0 heterocycles. The number of halogens is 4. The van der Waals surface area contributed by atoms with E-state index < -0.39 is 18.5 Å². The van der Waals surface area contributed by atoms with E-state index in [1.807, 2.05) is 0 Å². The molecule has 102 valence electrons. The maximum atomic E-state index is 13.1. The van der Waals surface area contributed by atoms with Crippen molar-refractivity contribution in [2.45, 2.75) is 26.2 Å². The summed E-state index contributed by atoms with van der Waals surface area (Å²) >= 11 is 0. The second-order valence-corrected chi connectivity index (χ2v) is 4.04. The smallest absolute Gasteiger partial charge is 0.326 e. The van der Waals surface area contributed by atoms with E-state index >= 15 is 0 Å². The lowest BCUT2D eigenvalue weighted by Gasteiger charge is -2.23. The van der Waals surface area contributed by atoms with E-state index in [1.165, 1.54) is 23.1 Å². The molecule has 0 saturated carbocycles. The Kier molecular flexibility index (Phi) is 5.10. The fraction of sp³-hybridized carbons (Fsp3) is 0.500. The van der Waals surface area contributed by atoms with Gasteiger partial charge < -0.3 is 5.73 Å². The van der Waals surface area contributed by atoms with Crippen molar-refractivity contribution in [2.24, 2.45) is 5.73 Å². The number of benzene rings is 1. The van der Waals surface area contributed by atoms with Crippen molar-refractivity contribution in [3.05, 3.63) is 35.1 Å². The van der Waals surface area contributed by atoms with Crippen molar-refractivity contribution < 1.29 is 17.6 Å². The van der Waals surface area contributed by atoms with Crippen molar-refractivity contribution in [1.29, 1.82) is 0 Å². The first-order chi connectivity index (χ1) is 8.35. The molecule has 0 unspecified atom stereocenters. The van der Waals surface area contributed by atoms with Gasteiger partial charge in [0.1, 0.15) is 5.82 Å². The van der Waals surface area contributed by atoms with Gasteiger partial charge in [-0.1, -0.05) is 13.0 Å². The largest absolute Gasteiger partial charge is 0.401 e. The highest BCUT2D eigenvalue weighted by atomic mass is 19.4. The molecular weight excluding hydrogens is 248 g/mol. The zero-order valence-corrected chi connectivity index (χ0v) is 10.1. The van der Waals surface area contributed by atoms with E-state index in [2.05, 4.69) is 0 Å². The Morgan fingerprint density at radius 3 is 2.39 bits per heavy atom. The third-order valence-electron chi connectivity index (χ3n) is 2.63. The Morgan fingerprint density at radius 2 is 1.89 bits per heavy atom. The van der Waals surface area contributed by atoms with Crippen molar-refractivity contribution in [3.63, 3.8) is 0 Å². The van der Waals surface area contributed by atoms with Gasteiger partial charge in [-0.05, 0) is 29.8 Å². The van der Waals surface area contributed by atoms with Gasteiger partial charge in [0.25, 0.3) is 0 Å². The molecule has 0 bridgehead atoms. The minimum Gasteiger partial charge on any atom is -0.326 e. The van der Waals surface area contributed by atoms with Gasteiger partial charge in [0, 0.05) is 13.1 Å². The molecule has 0 radical (unpaired) electrons. The summed E-state index contributed by atoms with van der Waals surface area (Å²) < 4.78 is 50.0. The SMILES string of the molecule is CCN(Cc1cc(F)ccc1CN)CC(F)(F)F. The topological polar surface area (TPSA) is 29.3 Å². The van der Waals surface area contributed by atoms with Crippen LogP contribution in [0.5, 0.6) is 0 Å². The molecule has 0 aromatic heterocycles. The molecule has 0 fully saturated rings.